The lowest BCUT2D eigenvalue weighted by molar-refractivity contribution is -0.160. The predicted octanol–water partition coefficient (Wildman–Crippen LogP) is 2.54. The molecule has 2 rings (SSSR count). The summed E-state index contributed by atoms with van der Waals surface area (Å²) in [5.41, 5.74) is -1.37. The highest BCUT2D eigenvalue weighted by molar-refractivity contribution is 6.19. The highest BCUT2D eigenvalue weighted by Crippen LogP contribution is 2.38. The predicted molar refractivity (Wildman–Crippen MR) is 92.2 cm³/mol. The molecular weight excluding hydrogens is 324 g/mol. The Morgan fingerprint density at radius 3 is 2.36 bits per heavy atom. The van der Waals surface area contributed by atoms with Crippen LogP contribution in [0.5, 0.6) is 11.5 Å². The molecule has 0 fully saturated rings. The van der Waals surface area contributed by atoms with Gasteiger partial charge in [0.1, 0.15) is 0 Å². The van der Waals surface area contributed by atoms with Gasteiger partial charge in [-0.05, 0) is 30.0 Å². The quantitative estimate of drug-likeness (QED) is 0.573. The number of carbonyl (C=O) groups is 2. The molecule has 6 nitrogen and oxygen atoms in total. The van der Waals surface area contributed by atoms with Crippen LogP contribution in [0.3, 0.4) is 0 Å². The second-order valence-corrected chi connectivity index (χ2v) is 6.34. The van der Waals surface area contributed by atoms with Crippen molar-refractivity contribution in [3.63, 3.8) is 0 Å². The number of methoxy groups -OCH3 is 2. The van der Waals surface area contributed by atoms with E-state index in [0.29, 0.717) is 23.0 Å². The van der Waals surface area contributed by atoms with Crippen molar-refractivity contribution < 1.29 is 28.9 Å². The Hall–Kier alpha value is -2.08. The summed E-state index contributed by atoms with van der Waals surface area (Å²) in [6.07, 6.45) is 2.60. The Balaban J connectivity index is 2.14. The van der Waals surface area contributed by atoms with Crippen LogP contribution in [-0.2, 0) is 16.0 Å². The van der Waals surface area contributed by atoms with Crippen molar-refractivity contribution in [2.24, 2.45) is 5.92 Å². The topological polar surface area (TPSA) is 82.1 Å². The van der Waals surface area contributed by atoms with Crippen LogP contribution in [0.25, 0.3) is 0 Å². The van der Waals surface area contributed by atoms with Crippen molar-refractivity contribution in [1.82, 2.24) is 0 Å². The van der Waals surface area contributed by atoms with Gasteiger partial charge in [0.2, 0.25) is 11.4 Å². The van der Waals surface area contributed by atoms with E-state index in [1.54, 1.807) is 6.07 Å². The minimum absolute atomic E-state index is 0.120. The summed E-state index contributed by atoms with van der Waals surface area (Å²) in [5.74, 6) is -0.262. The first-order valence-electron chi connectivity index (χ1n) is 8.60. The third-order valence-electron chi connectivity index (χ3n) is 4.93. The largest absolute Gasteiger partial charge is 0.493 e. The molecule has 0 unspecified atom stereocenters. The number of ether oxygens (including phenoxy) is 3. The summed E-state index contributed by atoms with van der Waals surface area (Å²) in [6.45, 7) is 4.37. The molecule has 0 radical (unpaired) electrons. The Morgan fingerprint density at radius 2 is 1.80 bits per heavy atom. The number of aliphatic hydroxyl groups is 1. The van der Waals surface area contributed by atoms with E-state index in [2.05, 4.69) is 13.8 Å². The first-order valence-corrected chi connectivity index (χ1v) is 8.60. The van der Waals surface area contributed by atoms with Crippen molar-refractivity contribution >= 4 is 11.8 Å². The number of fused-ring (bicyclic) bond motifs is 1. The zero-order valence-corrected chi connectivity index (χ0v) is 15.3. The van der Waals surface area contributed by atoms with Gasteiger partial charge in [0.15, 0.2) is 11.5 Å². The van der Waals surface area contributed by atoms with Crippen molar-refractivity contribution in [2.45, 2.75) is 45.1 Å². The lowest BCUT2D eigenvalue weighted by Gasteiger charge is -2.19. The monoisotopic (exact) mass is 350 g/mol. The minimum Gasteiger partial charge on any atom is -0.493 e. The fourth-order valence-corrected chi connectivity index (χ4v) is 3.16. The number of Topliss-reactive ketones (excluding diaryl/α,β-unsaturated/α-hetero) is 1. The van der Waals surface area contributed by atoms with Crippen LogP contribution in [0.4, 0.5) is 0 Å². The van der Waals surface area contributed by atoms with Gasteiger partial charge in [-0.3, -0.25) is 4.79 Å². The summed E-state index contributed by atoms with van der Waals surface area (Å²) in [6, 6.07) is 3.10. The Bertz CT molecular complexity index is 650. The molecule has 25 heavy (non-hydrogen) atoms. The molecule has 0 saturated carbocycles. The van der Waals surface area contributed by atoms with Gasteiger partial charge in [-0.2, -0.15) is 0 Å². The summed E-state index contributed by atoms with van der Waals surface area (Å²) in [7, 11) is 2.95. The van der Waals surface area contributed by atoms with Gasteiger partial charge in [0.05, 0.1) is 20.8 Å². The molecule has 0 aliphatic heterocycles. The van der Waals surface area contributed by atoms with Gasteiger partial charge in [0.25, 0.3) is 0 Å². The Kier molecular flexibility index (Phi) is 6.06. The number of benzene rings is 1. The number of carbonyl (C=O) groups excluding carboxylic acids is 2. The van der Waals surface area contributed by atoms with E-state index in [1.807, 2.05) is 0 Å². The van der Waals surface area contributed by atoms with Crippen LogP contribution in [0.1, 0.15) is 49.0 Å². The number of ketones is 1. The molecule has 0 amide bonds. The normalized spacial score (nSPS) is 19.0. The third-order valence-corrected chi connectivity index (χ3v) is 4.93. The van der Waals surface area contributed by atoms with Crippen LogP contribution in [-0.4, -0.2) is 43.3 Å². The maximum Gasteiger partial charge on any atom is 0.346 e. The van der Waals surface area contributed by atoms with Crippen LogP contribution in [0.15, 0.2) is 12.1 Å². The van der Waals surface area contributed by atoms with E-state index < -0.39 is 17.4 Å². The maximum absolute atomic E-state index is 12.6. The van der Waals surface area contributed by atoms with Gasteiger partial charge < -0.3 is 19.3 Å². The zero-order chi connectivity index (χ0) is 18.6. The van der Waals surface area contributed by atoms with E-state index in [-0.39, 0.29) is 18.6 Å². The third kappa shape index (κ3) is 3.63. The van der Waals surface area contributed by atoms with E-state index in [0.717, 1.165) is 19.3 Å². The fourth-order valence-electron chi connectivity index (χ4n) is 3.16. The molecule has 0 heterocycles. The van der Waals surface area contributed by atoms with Crippen molar-refractivity contribution in [1.29, 1.82) is 0 Å². The SMILES string of the molecule is CCC(CC)CCOC(=O)[C@]1(O)Cc2cc(OC)c(OC)cc2C1=O. The first kappa shape index (κ1) is 19.2. The molecule has 1 aliphatic rings. The van der Waals surface area contributed by atoms with Gasteiger partial charge in [-0.1, -0.05) is 26.7 Å². The van der Waals surface area contributed by atoms with Crippen LogP contribution >= 0.6 is 0 Å². The summed E-state index contributed by atoms with van der Waals surface area (Å²) < 4.78 is 15.6. The highest BCUT2D eigenvalue weighted by Gasteiger charge is 2.52. The summed E-state index contributed by atoms with van der Waals surface area (Å²) in [5, 5.41) is 10.7. The molecule has 138 valence electrons. The maximum atomic E-state index is 12.6. The van der Waals surface area contributed by atoms with Gasteiger partial charge in [0, 0.05) is 12.0 Å². The average Bonchev–Trinajstić information content (AvgIpc) is 2.88. The van der Waals surface area contributed by atoms with Crippen LogP contribution < -0.4 is 9.47 Å². The molecule has 1 aromatic rings. The molecule has 0 spiro atoms. The molecule has 1 aliphatic carbocycles. The Labute approximate surface area is 148 Å². The molecule has 0 saturated heterocycles. The van der Waals surface area contributed by atoms with E-state index in [4.69, 9.17) is 14.2 Å². The van der Waals surface area contributed by atoms with Crippen molar-refractivity contribution in [3.05, 3.63) is 23.3 Å². The van der Waals surface area contributed by atoms with E-state index in [9.17, 15) is 14.7 Å². The summed E-state index contributed by atoms with van der Waals surface area (Å²) >= 11 is 0. The second kappa shape index (κ2) is 7.87. The fraction of sp³-hybridized carbons (Fsp3) is 0.579. The molecule has 0 bridgehead atoms. The van der Waals surface area contributed by atoms with Crippen molar-refractivity contribution in [3.8, 4) is 11.5 Å². The molecule has 1 atom stereocenters. The lowest BCUT2D eigenvalue weighted by atomic mass is 9.99. The van der Waals surface area contributed by atoms with Gasteiger partial charge in [-0.25, -0.2) is 4.79 Å². The summed E-state index contributed by atoms with van der Waals surface area (Å²) in [4.78, 5) is 24.9. The molecule has 1 N–H and O–H groups in total. The van der Waals surface area contributed by atoms with Crippen LogP contribution in [0, 0.1) is 5.92 Å². The Morgan fingerprint density at radius 1 is 1.20 bits per heavy atom. The molecule has 6 heteroatoms. The number of rotatable bonds is 8. The van der Waals surface area contributed by atoms with Gasteiger partial charge in [-0.15, -0.1) is 0 Å². The number of esters is 1. The molecule has 0 aromatic heterocycles. The van der Waals surface area contributed by atoms with Crippen LogP contribution in [0.2, 0.25) is 0 Å². The molecular formula is C19H26O6. The number of hydrogen-bond acceptors (Lipinski definition) is 6. The average molecular weight is 350 g/mol. The standard InChI is InChI=1S/C19H26O6/c1-5-12(6-2)7-8-25-18(21)19(22)11-13-9-15(23-3)16(24-4)10-14(13)17(19)20/h9-10,12,22H,5-8,11H2,1-4H3/t19-/m0/s1. The second-order valence-electron chi connectivity index (χ2n) is 6.34. The number of hydrogen-bond donors (Lipinski definition) is 1. The van der Waals surface area contributed by atoms with E-state index >= 15 is 0 Å². The highest BCUT2D eigenvalue weighted by atomic mass is 16.6. The first-order chi connectivity index (χ1) is 11.9. The minimum atomic E-state index is -2.17. The lowest BCUT2D eigenvalue weighted by Crippen LogP contribution is -2.46. The molecule has 1 aromatic carbocycles. The van der Waals surface area contributed by atoms with Crippen molar-refractivity contribution in [2.75, 3.05) is 20.8 Å². The zero-order valence-electron chi connectivity index (χ0n) is 15.3. The van der Waals surface area contributed by atoms with E-state index in [1.165, 1.54) is 20.3 Å². The smallest absolute Gasteiger partial charge is 0.346 e. The van der Waals surface area contributed by atoms with Gasteiger partial charge >= 0.3 is 5.97 Å².